The van der Waals surface area contributed by atoms with Crippen molar-refractivity contribution in [3.8, 4) is 11.5 Å². The number of aromatic hydroxyl groups is 2. The molecule has 45 heavy (non-hydrogen) atoms. The lowest BCUT2D eigenvalue weighted by Crippen LogP contribution is -2.21. The Kier molecular flexibility index (Phi) is 10.6. The molecule has 0 spiro atoms. The number of carbonyl (C=O) groups is 1. The van der Waals surface area contributed by atoms with Gasteiger partial charge in [0.15, 0.2) is 30.6 Å². The highest BCUT2D eigenvalue weighted by Gasteiger charge is 2.37. The van der Waals surface area contributed by atoms with Crippen molar-refractivity contribution in [2.24, 2.45) is 0 Å². The zero-order valence-electron chi connectivity index (χ0n) is 22.8. The first-order chi connectivity index (χ1) is 21.2. The molecule has 0 heterocycles. The smallest absolute Gasteiger partial charge is 0.485 e. The molecule has 2 N–H and O–H groups in total. The normalized spacial score (nSPS) is 11.5. The summed E-state index contributed by atoms with van der Waals surface area (Å²) in [4.78, 5) is 17.0. The lowest BCUT2D eigenvalue weighted by molar-refractivity contribution is -0.0517. The zero-order valence-corrected chi connectivity index (χ0v) is 25.3. The average molecular weight is 675 g/mol. The fraction of sp³-hybridized carbons (Fsp3) is 0.0312. The van der Waals surface area contributed by atoms with Gasteiger partial charge in [-0.25, -0.2) is 12.8 Å². The van der Waals surface area contributed by atoms with Crippen LogP contribution in [0.3, 0.4) is 0 Å². The van der Waals surface area contributed by atoms with Crippen LogP contribution in [-0.4, -0.2) is 34.5 Å². The van der Waals surface area contributed by atoms with Gasteiger partial charge in [0.05, 0.1) is 10.9 Å². The first kappa shape index (κ1) is 33.6. The molecule has 0 atom stereocenters. The number of ketones is 1. The monoisotopic (exact) mass is 674 g/mol. The van der Waals surface area contributed by atoms with Crippen LogP contribution < -0.4 is 0 Å². The van der Waals surface area contributed by atoms with Crippen LogP contribution >= 0.6 is 11.8 Å². The van der Waals surface area contributed by atoms with Gasteiger partial charge in [-0.15, -0.1) is 0 Å². The standard InChI is InChI=1S/C31H21FO3S2.CHF3O3S/c32-29-20-22(31(35)21-4-2-1-3-5-21)6-19-30(29)36-25-11-17-28(18-12-25)37(26-13-7-23(33)8-14-26)27-15-9-24(34)10-16-27;2-1(3,4)8(5,6)7/h1-20H,(H-,33,34);(H,5,6,7). The molecule has 0 aliphatic heterocycles. The van der Waals surface area contributed by atoms with E-state index >= 15 is 0 Å². The summed E-state index contributed by atoms with van der Waals surface area (Å²) in [6, 6.07) is 35.5. The molecule has 0 fully saturated rings. The number of halogens is 4. The zero-order chi connectivity index (χ0) is 32.8. The lowest BCUT2D eigenvalue weighted by atomic mass is 10.0. The Bertz CT molecular complexity index is 1820. The number of phenols is 2. The van der Waals surface area contributed by atoms with Crippen molar-refractivity contribution in [2.45, 2.75) is 30.0 Å². The Labute approximate surface area is 263 Å². The summed E-state index contributed by atoms with van der Waals surface area (Å²) in [5, 5.41) is 19.5. The van der Waals surface area contributed by atoms with Crippen molar-refractivity contribution in [1.29, 1.82) is 0 Å². The summed E-state index contributed by atoms with van der Waals surface area (Å²) in [6.45, 7) is 0. The Morgan fingerprint density at radius 3 is 1.56 bits per heavy atom. The highest BCUT2D eigenvalue weighted by atomic mass is 32.2. The molecule has 0 radical (unpaired) electrons. The highest BCUT2D eigenvalue weighted by molar-refractivity contribution is 7.99. The lowest BCUT2D eigenvalue weighted by Gasteiger charge is -2.10. The second kappa shape index (κ2) is 14.2. The Morgan fingerprint density at radius 2 is 1.13 bits per heavy atom. The summed E-state index contributed by atoms with van der Waals surface area (Å²) in [5.41, 5.74) is -4.81. The van der Waals surface area contributed by atoms with Gasteiger partial charge in [0.25, 0.3) is 0 Å². The van der Waals surface area contributed by atoms with E-state index in [9.17, 15) is 32.6 Å². The van der Waals surface area contributed by atoms with Gasteiger partial charge in [0.1, 0.15) is 17.3 Å². The van der Waals surface area contributed by atoms with Gasteiger partial charge in [-0.1, -0.05) is 42.1 Å². The number of hydrogen-bond acceptors (Lipinski definition) is 7. The minimum absolute atomic E-state index is 0.197. The molecule has 232 valence electrons. The first-order valence-corrected chi connectivity index (χ1v) is 16.2. The predicted octanol–water partition coefficient (Wildman–Crippen LogP) is 7.77. The van der Waals surface area contributed by atoms with E-state index in [0.717, 1.165) is 19.6 Å². The van der Waals surface area contributed by atoms with Crippen molar-refractivity contribution in [3.05, 3.63) is 138 Å². The van der Waals surface area contributed by atoms with E-state index in [1.807, 2.05) is 54.6 Å². The van der Waals surface area contributed by atoms with Crippen LogP contribution in [0.25, 0.3) is 0 Å². The number of alkyl halides is 3. The van der Waals surface area contributed by atoms with Crippen LogP contribution in [0.15, 0.2) is 146 Å². The molecule has 0 saturated carbocycles. The fourth-order valence-corrected chi connectivity index (χ4v) is 6.68. The quantitative estimate of drug-likeness (QED) is 0.0596. The molecule has 0 aliphatic carbocycles. The first-order valence-electron chi connectivity index (χ1n) is 12.7. The number of carbonyl (C=O) groups excluding carboxylic acids is 1. The van der Waals surface area contributed by atoms with E-state index < -0.39 is 32.3 Å². The van der Waals surface area contributed by atoms with E-state index in [0.29, 0.717) is 16.0 Å². The van der Waals surface area contributed by atoms with Gasteiger partial charge in [0.2, 0.25) is 0 Å². The van der Waals surface area contributed by atoms with Crippen LogP contribution in [0, 0.1) is 5.82 Å². The number of hydrogen-bond donors (Lipinski definition) is 2. The van der Waals surface area contributed by atoms with E-state index in [4.69, 9.17) is 13.0 Å². The van der Waals surface area contributed by atoms with Crippen LogP contribution in [0.2, 0.25) is 0 Å². The maximum Gasteiger partial charge on any atom is 0.485 e. The van der Waals surface area contributed by atoms with Gasteiger partial charge < -0.3 is 14.8 Å². The molecule has 0 saturated heterocycles. The van der Waals surface area contributed by atoms with Crippen molar-refractivity contribution >= 4 is 38.6 Å². The summed E-state index contributed by atoms with van der Waals surface area (Å²) in [7, 11) is -6.55. The van der Waals surface area contributed by atoms with Gasteiger partial charge in [0, 0.05) is 20.9 Å². The second-order valence-corrected chi connectivity index (χ2v) is 13.6. The third kappa shape index (κ3) is 8.88. The van der Waals surface area contributed by atoms with E-state index in [1.54, 1.807) is 60.7 Å². The number of benzene rings is 5. The van der Waals surface area contributed by atoms with Gasteiger partial charge >= 0.3 is 5.51 Å². The molecule has 5 rings (SSSR count). The second-order valence-electron chi connectivity index (χ2n) is 9.11. The molecular formula is C32H22F4O6S3. The van der Waals surface area contributed by atoms with Crippen molar-refractivity contribution in [2.75, 3.05) is 0 Å². The summed E-state index contributed by atoms with van der Waals surface area (Å²) >= 11 is 1.30. The largest absolute Gasteiger partial charge is 0.741 e. The minimum Gasteiger partial charge on any atom is -0.741 e. The minimum atomic E-state index is -6.09. The average Bonchev–Trinajstić information content (AvgIpc) is 3.00. The molecule has 0 aromatic heterocycles. The number of rotatable bonds is 7. The van der Waals surface area contributed by atoms with E-state index in [2.05, 4.69) is 0 Å². The van der Waals surface area contributed by atoms with Crippen molar-refractivity contribution in [1.82, 2.24) is 0 Å². The SMILES string of the molecule is O=C(c1ccccc1)c1ccc(Sc2ccc([S+](c3ccc(O)cc3)c3ccc(O)cc3)cc2)c(F)c1.O=S(=O)([O-])C(F)(F)F. The topological polar surface area (TPSA) is 115 Å². The molecule has 5 aromatic carbocycles. The molecule has 0 amide bonds. The van der Waals surface area contributed by atoms with Gasteiger partial charge in [-0.3, -0.25) is 4.79 Å². The van der Waals surface area contributed by atoms with E-state index in [-0.39, 0.29) is 17.3 Å². The highest BCUT2D eigenvalue weighted by Crippen LogP contribution is 2.36. The Balaban J connectivity index is 0.000000510. The maximum atomic E-state index is 14.9. The molecule has 13 heteroatoms. The summed E-state index contributed by atoms with van der Waals surface area (Å²) in [6.07, 6.45) is 0. The molecule has 5 aromatic rings. The number of phenolic OH excluding ortho intramolecular Hbond substituents is 2. The Morgan fingerprint density at radius 1 is 0.689 bits per heavy atom. The van der Waals surface area contributed by atoms with Crippen LogP contribution in [0.1, 0.15) is 15.9 Å². The van der Waals surface area contributed by atoms with Gasteiger partial charge in [-0.05, 0) is 91.0 Å². The fourth-order valence-electron chi connectivity index (χ4n) is 3.82. The maximum absolute atomic E-state index is 14.9. The molecule has 0 bridgehead atoms. The van der Waals surface area contributed by atoms with Crippen LogP contribution in [-0.2, 0) is 21.0 Å². The van der Waals surface area contributed by atoms with Crippen molar-refractivity contribution in [3.63, 3.8) is 0 Å². The van der Waals surface area contributed by atoms with Crippen molar-refractivity contribution < 1.29 is 45.5 Å². The van der Waals surface area contributed by atoms with Crippen LogP contribution in [0.5, 0.6) is 11.5 Å². The molecule has 6 nitrogen and oxygen atoms in total. The van der Waals surface area contributed by atoms with Crippen LogP contribution in [0.4, 0.5) is 17.6 Å². The Hall–Kier alpha value is -4.30. The predicted molar refractivity (Wildman–Crippen MR) is 161 cm³/mol. The summed E-state index contributed by atoms with van der Waals surface area (Å²) in [5.74, 6) is -0.258. The third-order valence-corrected chi connectivity index (χ3v) is 9.80. The van der Waals surface area contributed by atoms with E-state index in [1.165, 1.54) is 17.8 Å². The third-order valence-electron chi connectivity index (χ3n) is 5.95. The molecular weight excluding hydrogens is 653 g/mol. The summed E-state index contributed by atoms with van der Waals surface area (Å²) < 4.78 is 73.8. The molecule has 0 aliphatic rings. The molecule has 0 unspecified atom stereocenters. The van der Waals surface area contributed by atoms with Gasteiger partial charge in [-0.2, -0.15) is 13.2 Å².